The molecule has 158 valence electrons. The summed E-state index contributed by atoms with van der Waals surface area (Å²) in [5, 5.41) is 2.75. The molecule has 1 atom stereocenters. The van der Waals surface area contributed by atoms with Crippen molar-refractivity contribution in [3.8, 4) is 0 Å². The van der Waals surface area contributed by atoms with E-state index in [9.17, 15) is 19.2 Å². The highest BCUT2D eigenvalue weighted by Crippen LogP contribution is 2.42. The standard InChI is InChI=1S/C20H25ClN2O6/c1-3-17(25)22-12-18(26)28-13-29-19(27)23(2)20(11-7-6-10-16(20)24)14-8-4-5-9-15(14)21/h4-5,8-9H,3,6-7,10-13H2,1-2H3,(H,22,25)/t20-/m0/s1. The molecule has 1 aliphatic rings. The zero-order valence-corrected chi connectivity index (χ0v) is 17.3. The Bertz CT molecular complexity index is 784. The Kier molecular flexibility index (Phi) is 8.01. The molecule has 0 bridgehead atoms. The number of amides is 2. The fourth-order valence-corrected chi connectivity index (χ4v) is 3.67. The number of hydrogen-bond acceptors (Lipinski definition) is 6. The predicted octanol–water partition coefficient (Wildman–Crippen LogP) is 2.77. The Labute approximate surface area is 174 Å². The van der Waals surface area contributed by atoms with E-state index in [1.807, 2.05) is 0 Å². The molecule has 0 spiro atoms. The molecular formula is C20H25ClN2O6. The third-order valence-electron chi connectivity index (χ3n) is 4.97. The van der Waals surface area contributed by atoms with E-state index in [1.165, 1.54) is 11.9 Å². The first-order chi connectivity index (χ1) is 13.8. The minimum absolute atomic E-state index is 0.115. The van der Waals surface area contributed by atoms with Crippen LogP contribution in [-0.4, -0.2) is 49.0 Å². The molecule has 29 heavy (non-hydrogen) atoms. The molecule has 1 aromatic rings. The summed E-state index contributed by atoms with van der Waals surface area (Å²) < 4.78 is 9.83. The number of carbonyl (C=O) groups excluding carboxylic acids is 4. The first-order valence-electron chi connectivity index (χ1n) is 9.44. The lowest BCUT2D eigenvalue weighted by atomic mass is 9.74. The predicted molar refractivity (Wildman–Crippen MR) is 105 cm³/mol. The van der Waals surface area contributed by atoms with Crippen LogP contribution in [0.3, 0.4) is 0 Å². The van der Waals surface area contributed by atoms with Crippen LogP contribution in [0, 0.1) is 0 Å². The second-order valence-electron chi connectivity index (χ2n) is 6.70. The first-order valence-corrected chi connectivity index (χ1v) is 9.82. The van der Waals surface area contributed by atoms with E-state index in [1.54, 1.807) is 31.2 Å². The second kappa shape index (κ2) is 10.2. The van der Waals surface area contributed by atoms with Crippen molar-refractivity contribution < 1.29 is 28.7 Å². The molecule has 0 heterocycles. The van der Waals surface area contributed by atoms with Crippen LogP contribution >= 0.6 is 11.6 Å². The zero-order chi connectivity index (χ0) is 21.4. The Balaban J connectivity index is 2.06. The summed E-state index contributed by atoms with van der Waals surface area (Å²) >= 11 is 6.34. The number of carbonyl (C=O) groups is 4. The Morgan fingerprint density at radius 2 is 1.93 bits per heavy atom. The van der Waals surface area contributed by atoms with E-state index < -0.39 is 24.4 Å². The van der Waals surface area contributed by atoms with Gasteiger partial charge in [-0.3, -0.25) is 19.3 Å². The Morgan fingerprint density at radius 3 is 2.59 bits per heavy atom. The van der Waals surface area contributed by atoms with Crippen molar-refractivity contribution in [2.24, 2.45) is 0 Å². The molecule has 1 N–H and O–H groups in total. The molecule has 8 nitrogen and oxygen atoms in total. The van der Waals surface area contributed by atoms with Gasteiger partial charge in [-0.25, -0.2) is 4.79 Å². The van der Waals surface area contributed by atoms with E-state index >= 15 is 0 Å². The van der Waals surface area contributed by atoms with E-state index in [2.05, 4.69) is 5.32 Å². The lowest BCUT2D eigenvalue weighted by molar-refractivity contribution is -0.153. The Morgan fingerprint density at radius 1 is 1.21 bits per heavy atom. The number of rotatable bonds is 7. The lowest BCUT2D eigenvalue weighted by Crippen LogP contribution is -2.54. The van der Waals surface area contributed by atoms with E-state index in [4.69, 9.17) is 21.1 Å². The fourth-order valence-electron chi connectivity index (χ4n) is 3.37. The number of benzene rings is 1. The van der Waals surface area contributed by atoms with Gasteiger partial charge in [0.2, 0.25) is 12.7 Å². The zero-order valence-electron chi connectivity index (χ0n) is 16.5. The molecule has 1 aromatic carbocycles. The summed E-state index contributed by atoms with van der Waals surface area (Å²) in [5.41, 5.74) is -0.683. The summed E-state index contributed by atoms with van der Waals surface area (Å²) in [6.45, 7) is 0.707. The third kappa shape index (κ3) is 5.26. The number of ketones is 1. The summed E-state index contributed by atoms with van der Waals surface area (Å²) in [4.78, 5) is 49.5. The van der Waals surface area contributed by atoms with Crippen molar-refractivity contribution in [3.63, 3.8) is 0 Å². The van der Waals surface area contributed by atoms with Crippen LogP contribution in [-0.2, 0) is 29.4 Å². The number of Topliss-reactive ketones (excluding diaryl/α,β-unsaturated/α-hetero) is 1. The second-order valence-corrected chi connectivity index (χ2v) is 7.11. The SMILES string of the molecule is CCC(=O)NCC(=O)OCOC(=O)N(C)[C@]1(c2ccccc2Cl)CCCCC1=O. The van der Waals surface area contributed by atoms with Crippen LogP contribution in [0.25, 0.3) is 0 Å². The van der Waals surface area contributed by atoms with Crippen LogP contribution in [0.5, 0.6) is 0 Å². The first kappa shape index (κ1) is 22.7. The number of ether oxygens (including phenoxy) is 2. The van der Waals surface area contributed by atoms with Crippen molar-refractivity contribution in [3.05, 3.63) is 34.9 Å². The van der Waals surface area contributed by atoms with Crippen LogP contribution in [0.2, 0.25) is 5.02 Å². The minimum Gasteiger partial charge on any atom is -0.426 e. The molecule has 0 unspecified atom stereocenters. The number of nitrogens with zero attached hydrogens (tertiary/aromatic N) is 1. The topological polar surface area (TPSA) is 102 Å². The van der Waals surface area contributed by atoms with Gasteiger partial charge in [0.1, 0.15) is 12.1 Å². The summed E-state index contributed by atoms with van der Waals surface area (Å²) in [6, 6.07) is 6.91. The molecule has 9 heteroatoms. The smallest absolute Gasteiger partial charge is 0.413 e. The van der Waals surface area contributed by atoms with Gasteiger partial charge in [0.25, 0.3) is 0 Å². The number of nitrogens with one attached hydrogen (secondary N) is 1. The number of esters is 1. The molecule has 0 radical (unpaired) electrons. The minimum atomic E-state index is -1.23. The van der Waals surface area contributed by atoms with Gasteiger partial charge in [0.15, 0.2) is 5.78 Å². The van der Waals surface area contributed by atoms with Crippen molar-refractivity contribution in [1.29, 1.82) is 0 Å². The van der Waals surface area contributed by atoms with Gasteiger partial charge in [-0.2, -0.15) is 0 Å². The molecular weight excluding hydrogens is 400 g/mol. The van der Waals surface area contributed by atoms with Gasteiger partial charge in [-0.1, -0.05) is 36.7 Å². The average molecular weight is 425 g/mol. The monoisotopic (exact) mass is 424 g/mol. The highest BCUT2D eigenvalue weighted by Gasteiger charge is 2.48. The van der Waals surface area contributed by atoms with E-state index in [-0.39, 0.29) is 24.7 Å². The molecule has 0 aliphatic heterocycles. The maximum atomic E-state index is 12.9. The van der Waals surface area contributed by atoms with Gasteiger partial charge in [0.05, 0.1) is 0 Å². The lowest BCUT2D eigenvalue weighted by Gasteiger charge is -2.43. The van der Waals surface area contributed by atoms with Crippen molar-refractivity contribution in [2.75, 3.05) is 20.4 Å². The van der Waals surface area contributed by atoms with Gasteiger partial charge < -0.3 is 14.8 Å². The fraction of sp³-hybridized carbons (Fsp3) is 0.500. The summed E-state index contributed by atoms with van der Waals surface area (Å²) in [5.74, 6) is -1.15. The maximum absolute atomic E-state index is 12.9. The van der Waals surface area contributed by atoms with E-state index in [0.29, 0.717) is 23.4 Å². The molecule has 0 aromatic heterocycles. The average Bonchev–Trinajstić information content (AvgIpc) is 2.72. The van der Waals surface area contributed by atoms with Crippen LogP contribution in [0.15, 0.2) is 24.3 Å². The quantitative estimate of drug-likeness (QED) is 0.533. The summed E-state index contributed by atoms with van der Waals surface area (Å²) in [6.07, 6.45) is 1.67. The maximum Gasteiger partial charge on any atom is 0.413 e. The molecule has 2 rings (SSSR count). The molecule has 1 saturated carbocycles. The molecule has 1 fully saturated rings. The largest absolute Gasteiger partial charge is 0.426 e. The van der Waals surface area contributed by atoms with E-state index in [0.717, 1.165) is 12.8 Å². The van der Waals surface area contributed by atoms with Crippen molar-refractivity contribution >= 4 is 35.4 Å². The van der Waals surface area contributed by atoms with Gasteiger partial charge in [0, 0.05) is 30.5 Å². The van der Waals surface area contributed by atoms with Crippen molar-refractivity contribution in [1.82, 2.24) is 10.2 Å². The van der Waals surface area contributed by atoms with Crippen LogP contribution in [0.4, 0.5) is 4.79 Å². The Hall–Kier alpha value is -2.61. The molecule has 1 aliphatic carbocycles. The van der Waals surface area contributed by atoms with Gasteiger partial charge >= 0.3 is 12.1 Å². The van der Waals surface area contributed by atoms with Crippen molar-refractivity contribution in [2.45, 2.75) is 44.6 Å². The van der Waals surface area contributed by atoms with Crippen LogP contribution < -0.4 is 5.32 Å². The number of likely N-dealkylation sites (N-methyl/N-ethyl adjacent to an activating group) is 1. The molecule has 2 amide bonds. The highest BCUT2D eigenvalue weighted by molar-refractivity contribution is 6.31. The summed E-state index contributed by atoms with van der Waals surface area (Å²) in [7, 11) is 1.47. The normalized spacial score (nSPS) is 18.7. The van der Waals surface area contributed by atoms with Gasteiger partial charge in [-0.05, 0) is 25.3 Å². The van der Waals surface area contributed by atoms with Crippen LogP contribution in [0.1, 0.15) is 44.6 Å². The molecule has 0 saturated heterocycles. The van der Waals surface area contributed by atoms with Gasteiger partial charge in [-0.15, -0.1) is 0 Å². The third-order valence-corrected chi connectivity index (χ3v) is 5.30. The number of halogens is 1. The number of hydrogen-bond donors (Lipinski definition) is 1. The highest BCUT2D eigenvalue weighted by atomic mass is 35.5.